The number of nitro groups is 1. The van der Waals surface area contributed by atoms with Crippen molar-refractivity contribution < 1.29 is 19.2 Å². The summed E-state index contributed by atoms with van der Waals surface area (Å²) in [6.45, 7) is 1.80. The van der Waals surface area contributed by atoms with E-state index in [1.54, 1.807) is 25.1 Å². The van der Waals surface area contributed by atoms with Gasteiger partial charge >= 0.3 is 0 Å². The van der Waals surface area contributed by atoms with Crippen molar-refractivity contribution >= 4 is 12.0 Å². The summed E-state index contributed by atoms with van der Waals surface area (Å²) in [6.07, 6.45) is 0.769. The van der Waals surface area contributed by atoms with Crippen LogP contribution in [0.2, 0.25) is 0 Å². The Morgan fingerprint density at radius 3 is 2.48 bits per heavy atom. The second-order valence-corrected chi connectivity index (χ2v) is 4.33. The van der Waals surface area contributed by atoms with Crippen LogP contribution in [0.4, 0.5) is 5.69 Å². The summed E-state index contributed by atoms with van der Waals surface area (Å²) in [6, 6.07) is 9.12. The zero-order valence-electron chi connectivity index (χ0n) is 11.5. The average molecular weight is 287 g/mol. The molecule has 0 aromatic heterocycles. The van der Waals surface area contributed by atoms with Crippen molar-refractivity contribution in [2.45, 2.75) is 6.92 Å². The van der Waals surface area contributed by atoms with E-state index in [-0.39, 0.29) is 11.4 Å². The molecule has 2 aromatic rings. The van der Waals surface area contributed by atoms with E-state index in [4.69, 9.17) is 9.47 Å². The number of hydrogen-bond donors (Lipinski definition) is 0. The number of nitrogens with zero attached hydrogens (tertiary/aromatic N) is 1. The third-order valence-electron chi connectivity index (χ3n) is 2.95. The van der Waals surface area contributed by atoms with Gasteiger partial charge in [0.15, 0.2) is 11.5 Å². The topological polar surface area (TPSA) is 78.7 Å². The number of ether oxygens (including phenoxy) is 2. The Balaban J connectivity index is 2.32. The molecule has 108 valence electrons. The van der Waals surface area contributed by atoms with Crippen LogP contribution < -0.4 is 9.47 Å². The molecule has 0 bridgehead atoms. The van der Waals surface area contributed by atoms with Crippen LogP contribution in [0.3, 0.4) is 0 Å². The minimum atomic E-state index is -0.505. The standard InChI is InChI=1S/C15H13NO5/c1-10-7-13(5-3-11(10)9-17)21-14-6-4-12(16(18)19)8-15(14)20-2/h3-9H,1-2H3. The number of methoxy groups -OCH3 is 1. The highest BCUT2D eigenvalue weighted by molar-refractivity contribution is 5.77. The van der Waals surface area contributed by atoms with Crippen LogP contribution in [-0.4, -0.2) is 18.3 Å². The Hall–Kier alpha value is -2.89. The molecule has 6 heteroatoms. The first-order valence-corrected chi connectivity index (χ1v) is 6.11. The first-order chi connectivity index (χ1) is 10.0. The predicted molar refractivity (Wildman–Crippen MR) is 76.3 cm³/mol. The lowest BCUT2D eigenvalue weighted by Gasteiger charge is -2.11. The Morgan fingerprint density at radius 2 is 1.90 bits per heavy atom. The molecule has 0 aliphatic rings. The van der Waals surface area contributed by atoms with Gasteiger partial charge in [0.25, 0.3) is 5.69 Å². The van der Waals surface area contributed by atoms with Crippen molar-refractivity contribution in [3.8, 4) is 17.2 Å². The second kappa shape index (κ2) is 6.04. The fourth-order valence-corrected chi connectivity index (χ4v) is 1.83. The maximum absolute atomic E-state index is 10.8. The summed E-state index contributed by atoms with van der Waals surface area (Å²) in [5.41, 5.74) is 1.29. The van der Waals surface area contributed by atoms with E-state index in [0.29, 0.717) is 17.1 Å². The molecule has 21 heavy (non-hydrogen) atoms. The van der Waals surface area contributed by atoms with Crippen molar-refractivity contribution in [3.05, 3.63) is 57.6 Å². The number of non-ortho nitro benzene ring substituents is 1. The Kier molecular flexibility index (Phi) is 4.18. The largest absolute Gasteiger partial charge is 0.493 e. The fraction of sp³-hybridized carbons (Fsp3) is 0.133. The van der Waals surface area contributed by atoms with Gasteiger partial charge in [0, 0.05) is 11.6 Å². The summed E-state index contributed by atoms with van der Waals surface area (Å²) in [7, 11) is 1.41. The number of aldehydes is 1. The summed E-state index contributed by atoms with van der Waals surface area (Å²) in [5.74, 6) is 1.15. The number of hydrogen-bond acceptors (Lipinski definition) is 5. The van der Waals surface area contributed by atoms with E-state index in [0.717, 1.165) is 11.8 Å². The minimum Gasteiger partial charge on any atom is -0.493 e. The monoisotopic (exact) mass is 287 g/mol. The van der Waals surface area contributed by atoms with Gasteiger partial charge in [-0.1, -0.05) is 0 Å². The quantitative estimate of drug-likeness (QED) is 0.477. The molecular formula is C15H13NO5. The Labute approximate surface area is 121 Å². The smallest absolute Gasteiger partial charge is 0.273 e. The van der Waals surface area contributed by atoms with Crippen molar-refractivity contribution in [1.29, 1.82) is 0 Å². The molecule has 2 rings (SSSR count). The number of nitro benzene ring substituents is 1. The van der Waals surface area contributed by atoms with Gasteiger partial charge in [-0.25, -0.2) is 0 Å². The van der Waals surface area contributed by atoms with Gasteiger partial charge in [0.2, 0.25) is 0 Å². The highest BCUT2D eigenvalue weighted by atomic mass is 16.6. The van der Waals surface area contributed by atoms with E-state index in [1.165, 1.54) is 25.3 Å². The van der Waals surface area contributed by atoms with Gasteiger partial charge in [-0.05, 0) is 36.8 Å². The average Bonchev–Trinajstić information content (AvgIpc) is 2.47. The molecule has 0 atom stereocenters. The zero-order chi connectivity index (χ0) is 15.4. The normalized spacial score (nSPS) is 10.0. The second-order valence-electron chi connectivity index (χ2n) is 4.33. The number of carbonyl (C=O) groups excluding carboxylic acids is 1. The maximum atomic E-state index is 10.8. The van der Waals surface area contributed by atoms with Gasteiger partial charge < -0.3 is 9.47 Å². The number of benzene rings is 2. The van der Waals surface area contributed by atoms with Crippen LogP contribution in [0.5, 0.6) is 17.2 Å². The molecule has 0 aliphatic heterocycles. The third kappa shape index (κ3) is 3.17. The lowest BCUT2D eigenvalue weighted by Crippen LogP contribution is -1.94. The lowest BCUT2D eigenvalue weighted by atomic mass is 10.1. The van der Waals surface area contributed by atoms with E-state index < -0.39 is 4.92 Å². The predicted octanol–water partition coefficient (Wildman–Crippen LogP) is 3.52. The van der Waals surface area contributed by atoms with Gasteiger partial charge in [0.05, 0.1) is 18.1 Å². The molecule has 6 nitrogen and oxygen atoms in total. The lowest BCUT2D eigenvalue weighted by molar-refractivity contribution is -0.384. The van der Waals surface area contributed by atoms with E-state index in [1.807, 2.05) is 0 Å². The van der Waals surface area contributed by atoms with Crippen molar-refractivity contribution in [3.63, 3.8) is 0 Å². The summed E-state index contributed by atoms with van der Waals surface area (Å²) in [5, 5.41) is 10.7. The summed E-state index contributed by atoms with van der Waals surface area (Å²) < 4.78 is 10.7. The molecule has 0 N–H and O–H groups in total. The number of carbonyl (C=O) groups is 1. The molecule has 0 amide bonds. The summed E-state index contributed by atoms with van der Waals surface area (Å²) >= 11 is 0. The molecule has 2 aromatic carbocycles. The van der Waals surface area contributed by atoms with E-state index >= 15 is 0 Å². The van der Waals surface area contributed by atoms with Gasteiger partial charge in [0.1, 0.15) is 12.0 Å². The number of rotatable bonds is 5. The highest BCUT2D eigenvalue weighted by Gasteiger charge is 2.13. The Bertz CT molecular complexity index is 696. The molecule has 0 unspecified atom stereocenters. The van der Waals surface area contributed by atoms with Gasteiger partial charge in [-0.3, -0.25) is 14.9 Å². The van der Waals surface area contributed by atoms with Crippen LogP contribution in [0.1, 0.15) is 15.9 Å². The van der Waals surface area contributed by atoms with E-state index in [2.05, 4.69) is 0 Å². The zero-order valence-corrected chi connectivity index (χ0v) is 11.5. The van der Waals surface area contributed by atoms with Crippen LogP contribution in [0.15, 0.2) is 36.4 Å². The molecule has 0 saturated carbocycles. The molecular weight excluding hydrogens is 274 g/mol. The third-order valence-corrected chi connectivity index (χ3v) is 2.95. The Morgan fingerprint density at radius 1 is 1.14 bits per heavy atom. The van der Waals surface area contributed by atoms with Crippen LogP contribution in [0.25, 0.3) is 0 Å². The van der Waals surface area contributed by atoms with Crippen molar-refractivity contribution in [1.82, 2.24) is 0 Å². The molecule has 0 radical (unpaired) electrons. The fourth-order valence-electron chi connectivity index (χ4n) is 1.83. The van der Waals surface area contributed by atoms with Crippen molar-refractivity contribution in [2.24, 2.45) is 0 Å². The van der Waals surface area contributed by atoms with Gasteiger partial charge in [-0.15, -0.1) is 0 Å². The number of aryl methyl sites for hydroxylation is 1. The molecule has 0 fully saturated rings. The van der Waals surface area contributed by atoms with Crippen LogP contribution >= 0.6 is 0 Å². The minimum absolute atomic E-state index is 0.0771. The summed E-state index contributed by atoms with van der Waals surface area (Å²) in [4.78, 5) is 21.0. The SMILES string of the molecule is COc1cc([N+](=O)[O-])ccc1Oc1ccc(C=O)c(C)c1. The highest BCUT2D eigenvalue weighted by Crippen LogP contribution is 2.34. The molecule has 0 heterocycles. The van der Waals surface area contributed by atoms with Crippen LogP contribution in [0, 0.1) is 17.0 Å². The first-order valence-electron chi connectivity index (χ1n) is 6.11. The molecule has 0 aliphatic carbocycles. The van der Waals surface area contributed by atoms with E-state index in [9.17, 15) is 14.9 Å². The van der Waals surface area contributed by atoms with Gasteiger partial charge in [-0.2, -0.15) is 0 Å². The molecule has 0 spiro atoms. The first kappa shape index (κ1) is 14.5. The maximum Gasteiger partial charge on any atom is 0.273 e. The molecule has 0 saturated heterocycles. The van der Waals surface area contributed by atoms with Crippen LogP contribution in [-0.2, 0) is 0 Å². The van der Waals surface area contributed by atoms with Crippen molar-refractivity contribution in [2.75, 3.05) is 7.11 Å².